The molecule has 28 heavy (non-hydrogen) atoms. The lowest BCUT2D eigenvalue weighted by molar-refractivity contribution is 0.0370. The molecule has 0 atom stereocenters. The van der Waals surface area contributed by atoms with Crippen molar-refractivity contribution in [2.24, 2.45) is 0 Å². The van der Waals surface area contributed by atoms with Crippen LogP contribution in [0.5, 0.6) is 0 Å². The van der Waals surface area contributed by atoms with Gasteiger partial charge in [0.2, 0.25) is 11.9 Å². The number of nitrogens with zero attached hydrogens (tertiary/aromatic N) is 3. The van der Waals surface area contributed by atoms with E-state index in [9.17, 15) is 4.39 Å². The second-order valence-electron chi connectivity index (χ2n) is 5.81. The Bertz CT molecular complexity index is 774. The first-order valence-corrected chi connectivity index (χ1v) is 9.20. The monoisotopic (exact) mass is 387 g/mol. The average Bonchev–Trinajstić information content (AvgIpc) is 2.71. The molecule has 0 bridgehead atoms. The molecule has 0 amide bonds. The van der Waals surface area contributed by atoms with Crippen LogP contribution in [0.3, 0.4) is 0 Å². The number of nitrogens with one attached hydrogen (secondary N) is 4. The van der Waals surface area contributed by atoms with Crippen molar-refractivity contribution in [3.05, 3.63) is 36.0 Å². The fourth-order valence-electron chi connectivity index (χ4n) is 2.08. The second-order valence-corrected chi connectivity index (χ2v) is 5.81. The fraction of sp³-hybridized carbons (Fsp3) is 0.421. The van der Waals surface area contributed by atoms with Crippen LogP contribution in [0, 0.1) is 17.8 Å². The van der Waals surface area contributed by atoms with Gasteiger partial charge in [-0.3, -0.25) is 0 Å². The zero-order valence-corrected chi connectivity index (χ0v) is 16.2. The first-order chi connectivity index (χ1) is 13.7. The van der Waals surface area contributed by atoms with Crippen molar-refractivity contribution in [3.8, 4) is 11.8 Å². The van der Waals surface area contributed by atoms with Crippen molar-refractivity contribution in [1.29, 1.82) is 0 Å². The highest BCUT2D eigenvalue weighted by Crippen LogP contribution is 2.17. The highest BCUT2D eigenvalue weighted by atomic mass is 19.1. The highest BCUT2D eigenvalue weighted by molar-refractivity contribution is 5.58. The molecule has 9 heteroatoms. The van der Waals surface area contributed by atoms with Gasteiger partial charge in [0.1, 0.15) is 5.82 Å². The lowest BCUT2D eigenvalue weighted by atomic mass is 10.2. The van der Waals surface area contributed by atoms with E-state index < -0.39 is 5.95 Å². The van der Waals surface area contributed by atoms with Gasteiger partial charge in [-0.05, 0) is 32.0 Å². The predicted molar refractivity (Wildman–Crippen MR) is 107 cm³/mol. The van der Waals surface area contributed by atoms with E-state index in [0.717, 1.165) is 24.9 Å². The Morgan fingerprint density at radius 2 is 2.11 bits per heavy atom. The number of pyridine rings is 1. The molecule has 2 rings (SSSR count). The first kappa shape index (κ1) is 21.5. The number of aromatic nitrogens is 3. The molecule has 2 heterocycles. The van der Waals surface area contributed by atoms with Gasteiger partial charge < -0.3 is 20.8 Å². The number of unbranched alkanes of at least 4 members (excludes halogenated alkanes) is 1. The van der Waals surface area contributed by atoms with Crippen LogP contribution in [0.15, 0.2) is 24.5 Å². The number of rotatable bonds is 11. The minimum atomic E-state index is -0.536. The molecule has 4 N–H and O–H groups in total. The molecule has 2 aromatic rings. The molecule has 0 unspecified atom stereocenters. The molecule has 0 saturated carbocycles. The Morgan fingerprint density at radius 3 is 2.86 bits per heavy atom. The number of hydroxylamine groups is 1. The van der Waals surface area contributed by atoms with Crippen molar-refractivity contribution in [2.75, 3.05) is 37.5 Å². The molecular formula is C19H26FN7O. The number of hydrogen-bond donors (Lipinski definition) is 4. The summed E-state index contributed by atoms with van der Waals surface area (Å²) in [7, 11) is 1.84. The third-order valence-corrected chi connectivity index (χ3v) is 3.44. The quantitative estimate of drug-likeness (QED) is 0.153. The Hall–Kier alpha value is -2.80. The summed E-state index contributed by atoms with van der Waals surface area (Å²) in [5.74, 6) is 6.74. The maximum atomic E-state index is 12.9. The minimum Gasteiger partial charge on any atom is -0.369 e. The Balaban J connectivity index is 1.97. The van der Waals surface area contributed by atoms with E-state index in [1.807, 2.05) is 7.05 Å². The maximum absolute atomic E-state index is 12.9. The van der Waals surface area contributed by atoms with Gasteiger partial charge in [-0.1, -0.05) is 18.8 Å². The number of hydrogen-bond acceptors (Lipinski definition) is 8. The third-order valence-electron chi connectivity index (χ3n) is 3.44. The van der Waals surface area contributed by atoms with E-state index in [-0.39, 0.29) is 0 Å². The van der Waals surface area contributed by atoms with E-state index in [1.165, 1.54) is 12.3 Å². The van der Waals surface area contributed by atoms with Gasteiger partial charge in [0, 0.05) is 13.0 Å². The standard InChI is InChI=1S/C19H26FN7O/c1-3-10-22-18-15(7-5-4-6-11-28-25-14-21-2)12-24-19(27-18)26-16-8-9-17(20)23-13-16/h8-9,12-13,21,25H,3-4,6,10-11,14H2,1-2H3,(H2,22,24,26,27). The zero-order chi connectivity index (χ0) is 20.0. The molecule has 0 aliphatic rings. The van der Waals surface area contributed by atoms with Crippen LogP contribution in [0.2, 0.25) is 0 Å². The van der Waals surface area contributed by atoms with Gasteiger partial charge in [-0.2, -0.15) is 14.9 Å². The van der Waals surface area contributed by atoms with Gasteiger partial charge in [-0.25, -0.2) is 9.97 Å². The Morgan fingerprint density at radius 1 is 1.21 bits per heavy atom. The third kappa shape index (κ3) is 7.84. The van der Waals surface area contributed by atoms with Gasteiger partial charge in [0.25, 0.3) is 0 Å². The molecule has 150 valence electrons. The van der Waals surface area contributed by atoms with E-state index in [0.29, 0.717) is 37.1 Å². The van der Waals surface area contributed by atoms with Crippen LogP contribution < -0.4 is 21.4 Å². The van der Waals surface area contributed by atoms with Crippen molar-refractivity contribution in [2.45, 2.75) is 26.2 Å². The lowest BCUT2D eigenvalue weighted by Gasteiger charge is -2.09. The van der Waals surface area contributed by atoms with Crippen LogP contribution in [-0.4, -0.2) is 41.8 Å². The molecular weight excluding hydrogens is 361 g/mol. The minimum absolute atomic E-state index is 0.390. The average molecular weight is 387 g/mol. The van der Waals surface area contributed by atoms with Gasteiger partial charge in [0.05, 0.1) is 36.9 Å². The lowest BCUT2D eigenvalue weighted by Crippen LogP contribution is -2.26. The molecule has 0 spiro atoms. The summed E-state index contributed by atoms with van der Waals surface area (Å²) in [5, 5.41) is 9.20. The Kier molecular flexibility index (Phi) is 9.65. The molecule has 0 saturated heterocycles. The molecule has 0 fully saturated rings. The van der Waals surface area contributed by atoms with E-state index in [2.05, 4.69) is 55.1 Å². The van der Waals surface area contributed by atoms with E-state index >= 15 is 0 Å². The smallest absolute Gasteiger partial charge is 0.229 e. The van der Waals surface area contributed by atoms with Crippen LogP contribution >= 0.6 is 0 Å². The van der Waals surface area contributed by atoms with Crippen molar-refractivity contribution in [3.63, 3.8) is 0 Å². The molecule has 0 aliphatic heterocycles. The zero-order valence-electron chi connectivity index (χ0n) is 16.2. The van der Waals surface area contributed by atoms with Crippen molar-refractivity contribution >= 4 is 17.5 Å². The molecule has 0 aromatic carbocycles. The summed E-state index contributed by atoms with van der Waals surface area (Å²) >= 11 is 0. The SMILES string of the molecule is CCCNc1nc(Nc2ccc(F)nc2)ncc1C#CCCCONCNC. The maximum Gasteiger partial charge on any atom is 0.229 e. The van der Waals surface area contributed by atoms with E-state index in [4.69, 9.17) is 4.84 Å². The molecule has 0 aliphatic carbocycles. The van der Waals surface area contributed by atoms with Crippen LogP contribution in [-0.2, 0) is 4.84 Å². The normalized spacial score (nSPS) is 10.2. The van der Waals surface area contributed by atoms with Crippen molar-refractivity contribution in [1.82, 2.24) is 25.7 Å². The first-order valence-electron chi connectivity index (χ1n) is 9.20. The second kappa shape index (κ2) is 12.6. The van der Waals surface area contributed by atoms with Crippen LogP contribution in [0.4, 0.5) is 21.8 Å². The summed E-state index contributed by atoms with van der Waals surface area (Å²) in [4.78, 5) is 17.6. The van der Waals surface area contributed by atoms with Crippen LogP contribution in [0.25, 0.3) is 0 Å². The predicted octanol–water partition coefficient (Wildman–Crippen LogP) is 2.41. The summed E-state index contributed by atoms with van der Waals surface area (Å²) in [6, 6.07) is 2.85. The highest BCUT2D eigenvalue weighted by Gasteiger charge is 2.06. The number of halogens is 1. The van der Waals surface area contributed by atoms with Gasteiger partial charge in [0.15, 0.2) is 0 Å². The van der Waals surface area contributed by atoms with Crippen molar-refractivity contribution < 1.29 is 9.23 Å². The Labute approximate surface area is 164 Å². The topological polar surface area (TPSA) is 96.0 Å². The molecule has 0 radical (unpaired) electrons. The van der Waals surface area contributed by atoms with E-state index in [1.54, 1.807) is 12.3 Å². The molecule has 2 aromatic heterocycles. The van der Waals surface area contributed by atoms with Crippen LogP contribution in [0.1, 0.15) is 31.7 Å². The summed E-state index contributed by atoms with van der Waals surface area (Å²) in [6.45, 7) is 4.03. The number of anilines is 3. The summed E-state index contributed by atoms with van der Waals surface area (Å²) < 4.78 is 12.9. The summed E-state index contributed by atoms with van der Waals surface area (Å²) in [5.41, 5.74) is 4.12. The van der Waals surface area contributed by atoms with Gasteiger partial charge in [-0.15, -0.1) is 0 Å². The largest absolute Gasteiger partial charge is 0.369 e. The fourth-order valence-corrected chi connectivity index (χ4v) is 2.08. The molecule has 8 nitrogen and oxygen atoms in total. The summed E-state index contributed by atoms with van der Waals surface area (Å²) in [6.07, 6.45) is 5.54. The van der Waals surface area contributed by atoms with Gasteiger partial charge >= 0.3 is 0 Å².